The maximum absolute atomic E-state index is 12.2. The molecule has 0 unspecified atom stereocenters. The maximum atomic E-state index is 12.2. The summed E-state index contributed by atoms with van der Waals surface area (Å²) in [5, 5.41) is 10.0. The molecule has 25 heavy (non-hydrogen) atoms. The van der Waals surface area contributed by atoms with Crippen LogP contribution >= 0.6 is 0 Å². The summed E-state index contributed by atoms with van der Waals surface area (Å²) in [5.41, 5.74) is 3.85. The maximum Gasteiger partial charge on any atom is 0.573 e. The van der Waals surface area contributed by atoms with Gasteiger partial charge < -0.3 is 10.1 Å². The summed E-state index contributed by atoms with van der Waals surface area (Å²) in [6, 6.07) is 7.13. The summed E-state index contributed by atoms with van der Waals surface area (Å²) < 4.78 is 40.3. The third-order valence-corrected chi connectivity index (χ3v) is 3.41. The SMILES string of the molecule is Cc1n[nH]c(C)c1-c1cc(Nc2ccc(OC(F)(F)F)cc2)ncn1. The van der Waals surface area contributed by atoms with E-state index < -0.39 is 6.36 Å². The Bertz CT molecular complexity index is 855. The molecule has 0 radical (unpaired) electrons. The normalized spacial score (nSPS) is 11.4. The number of nitrogens with one attached hydrogen (secondary N) is 2. The van der Waals surface area contributed by atoms with Gasteiger partial charge >= 0.3 is 6.36 Å². The molecule has 6 nitrogen and oxygen atoms in total. The van der Waals surface area contributed by atoms with Crippen molar-refractivity contribution in [2.45, 2.75) is 20.2 Å². The molecule has 2 N–H and O–H groups in total. The Morgan fingerprint density at radius 2 is 1.80 bits per heavy atom. The zero-order valence-electron chi connectivity index (χ0n) is 13.3. The van der Waals surface area contributed by atoms with Gasteiger partial charge in [0.05, 0.1) is 11.4 Å². The number of hydrogen-bond acceptors (Lipinski definition) is 5. The average Bonchev–Trinajstić information content (AvgIpc) is 2.87. The lowest BCUT2D eigenvalue weighted by molar-refractivity contribution is -0.274. The van der Waals surface area contributed by atoms with Gasteiger partial charge in [0, 0.05) is 23.0 Å². The van der Waals surface area contributed by atoms with Crippen LogP contribution < -0.4 is 10.1 Å². The second-order valence-corrected chi connectivity index (χ2v) is 5.29. The number of aromatic nitrogens is 4. The summed E-state index contributed by atoms with van der Waals surface area (Å²) in [6.45, 7) is 3.76. The molecule has 130 valence electrons. The van der Waals surface area contributed by atoms with Crippen LogP contribution in [0.5, 0.6) is 5.75 Å². The lowest BCUT2D eigenvalue weighted by Crippen LogP contribution is -2.16. The van der Waals surface area contributed by atoms with Gasteiger partial charge in [-0.3, -0.25) is 5.10 Å². The molecule has 9 heteroatoms. The smallest absolute Gasteiger partial charge is 0.406 e. The molecule has 1 aromatic carbocycles. The molecule has 0 fully saturated rings. The highest BCUT2D eigenvalue weighted by Gasteiger charge is 2.30. The number of alkyl halides is 3. The zero-order valence-corrected chi connectivity index (χ0v) is 13.3. The van der Waals surface area contributed by atoms with Gasteiger partial charge in [0.25, 0.3) is 0 Å². The van der Waals surface area contributed by atoms with Crippen molar-refractivity contribution in [1.29, 1.82) is 0 Å². The fraction of sp³-hybridized carbons (Fsp3) is 0.188. The van der Waals surface area contributed by atoms with E-state index in [2.05, 4.69) is 30.2 Å². The number of hydrogen-bond donors (Lipinski definition) is 2. The fourth-order valence-electron chi connectivity index (χ4n) is 2.38. The Morgan fingerprint density at radius 3 is 2.40 bits per heavy atom. The highest BCUT2D eigenvalue weighted by Crippen LogP contribution is 2.27. The van der Waals surface area contributed by atoms with Crippen LogP contribution in [0.15, 0.2) is 36.7 Å². The van der Waals surface area contributed by atoms with Gasteiger partial charge in [0.15, 0.2) is 0 Å². The van der Waals surface area contributed by atoms with Gasteiger partial charge in [0.1, 0.15) is 17.9 Å². The van der Waals surface area contributed by atoms with Crippen molar-refractivity contribution in [3.63, 3.8) is 0 Å². The standard InChI is InChI=1S/C16H14F3N5O/c1-9-15(10(2)24-23-9)13-7-14(21-8-20-13)22-11-3-5-12(6-4-11)25-16(17,18)19/h3-8H,1-2H3,(H,23,24)(H,20,21,22). The first kappa shape index (κ1) is 16.7. The van der Waals surface area contributed by atoms with Crippen LogP contribution in [0.1, 0.15) is 11.4 Å². The lowest BCUT2D eigenvalue weighted by Gasteiger charge is -2.10. The molecule has 3 rings (SSSR count). The van der Waals surface area contributed by atoms with Crippen LogP contribution in [0.25, 0.3) is 11.3 Å². The predicted octanol–water partition coefficient (Wildman–Crippen LogP) is 4.13. The molecule has 2 aromatic heterocycles. The molecule has 0 amide bonds. The molecule has 0 saturated carbocycles. The second-order valence-electron chi connectivity index (χ2n) is 5.29. The van der Waals surface area contributed by atoms with Gasteiger partial charge in [0.2, 0.25) is 0 Å². The molecule has 0 aliphatic rings. The predicted molar refractivity (Wildman–Crippen MR) is 85.5 cm³/mol. The first-order valence-corrected chi connectivity index (χ1v) is 7.28. The van der Waals surface area contributed by atoms with E-state index in [-0.39, 0.29) is 5.75 Å². The molecule has 0 aliphatic carbocycles. The molecule has 0 atom stereocenters. The van der Waals surface area contributed by atoms with Crippen LogP contribution in [0.4, 0.5) is 24.7 Å². The van der Waals surface area contributed by atoms with E-state index in [0.29, 0.717) is 17.2 Å². The van der Waals surface area contributed by atoms with Gasteiger partial charge in [-0.15, -0.1) is 13.2 Å². The Balaban J connectivity index is 1.79. The molecule has 0 bridgehead atoms. The second kappa shape index (κ2) is 6.42. The Kier molecular flexibility index (Phi) is 4.30. The minimum Gasteiger partial charge on any atom is -0.406 e. The number of aromatic amines is 1. The number of benzene rings is 1. The number of anilines is 2. The van der Waals surface area contributed by atoms with Crippen molar-refractivity contribution in [1.82, 2.24) is 20.2 Å². The van der Waals surface area contributed by atoms with Crippen LogP contribution in [0.3, 0.4) is 0 Å². The molecule has 0 aliphatic heterocycles. The topological polar surface area (TPSA) is 75.7 Å². The minimum atomic E-state index is -4.71. The monoisotopic (exact) mass is 349 g/mol. The lowest BCUT2D eigenvalue weighted by atomic mass is 10.1. The first-order valence-electron chi connectivity index (χ1n) is 7.28. The number of rotatable bonds is 4. The number of H-pyrrole nitrogens is 1. The van der Waals surface area contributed by atoms with E-state index in [9.17, 15) is 13.2 Å². The fourth-order valence-corrected chi connectivity index (χ4v) is 2.38. The number of ether oxygens (including phenoxy) is 1. The summed E-state index contributed by atoms with van der Waals surface area (Å²) >= 11 is 0. The molecule has 3 aromatic rings. The Hall–Kier alpha value is -3.10. The van der Waals surface area contributed by atoms with Crippen molar-refractivity contribution in [3.8, 4) is 17.0 Å². The summed E-state index contributed by atoms with van der Waals surface area (Å²) in [7, 11) is 0. The summed E-state index contributed by atoms with van der Waals surface area (Å²) in [5.74, 6) is 0.223. The third-order valence-electron chi connectivity index (χ3n) is 3.41. The molecular formula is C16H14F3N5O. The first-order chi connectivity index (χ1) is 11.8. The van der Waals surface area contributed by atoms with E-state index in [0.717, 1.165) is 17.0 Å². The van der Waals surface area contributed by atoms with Crippen molar-refractivity contribution < 1.29 is 17.9 Å². The summed E-state index contributed by atoms with van der Waals surface area (Å²) in [6.07, 6.45) is -3.30. The van der Waals surface area contributed by atoms with Crippen LogP contribution in [-0.4, -0.2) is 26.5 Å². The number of aryl methyl sites for hydroxylation is 2. The van der Waals surface area contributed by atoms with E-state index in [1.54, 1.807) is 6.07 Å². The largest absolute Gasteiger partial charge is 0.573 e. The molecule has 2 heterocycles. The van der Waals surface area contributed by atoms with Crippen LogP contribution in [0.2, 0.25) is 0 Å². The van der Waals surface area contributed by atoms with Crippen LogP contribution in [0, 0.1) is 13.8 Å². The van der Waals surface area contributed by atoms with Crippen molar-refractivity contribution in [2.24, 2.45) is 0 Å². The number of nitrogens with zero attached hydrogens (tertiary/aromatic N) is 3. The van der Waals surface area contributed by atoms with Gasteiger partial charge in [-0.05, 0) is 38.1 Å². The highest BCUT2D eigenvalue weighted by molar-refractivity contribution is 5.68. The zero-order chi connectivity index (χ0) is 18.0. The number of halogens is 3. The van der Waals surface area contributed by atoms with Crippen molar-refractivity contribution >= 4 is 11.5 Å². The van der Waals surface area contributed by atoms with Crippen LogP contribution in [-0.2, 0) is 0 Å². The van der Waals surface area contributed by atoms with E-state index in [1.807, 2.05) is 13.8 Å². The summed E-state index contributed by atoms with van der Waals surface area (Å²) in [4.78, 5) is 8.37. The molecular weight excluding hydrogens is 335 g/mol. The highest BCUT2D eigenvalue weighted by atomic mass is 19.4. The van der Waals surface area contributed by atoms with Crippen molar-refractivity contribution in [2.75, 3.05) is 5.32 Å². The van der Waals surface area contributed by atoms with E-state index in [1.165, 1.54) is 30.6 Å². The minimum absolute atomic E-state index is 0.286. The van der Waals surface area contributed by atoms with Gasteiger partial charge in [-0.1, -0.05) is 0 Å². The average molecular weight is 349 g/mol. The Morgan fingerprint density at radius 1 is 1.08 bits per heavy atom. The van der Waals surface area contributed by atoms with Gasteiger partial charge in [-0.25, -0.2) is 9.97 Å². The van der Waals surface area contributed by atoms with E-state index >= 15 is 0 Å². The third kappa shape index (κ3) is 4.06. The van der Waals surface area contributed by atoms with E-state index in [4.69, 9.17) is 0 Å². The quantitative estimate of drug-likeness (QED) is 0.741. The molecule has 0 saturated heterocycles. The van der Waals surface area contributed by atoms with Crippen molar-refractivity contribution in [3.05, 3.63) is 48.0 Å². The van der Waals surface area contributed by atoms with Gasteiger partial charge in [-0.2, -0.15) is 5.10 Å². The Labute approximate surface area is 141 Å². The molecule has 0 spiro atoms.